The van der Waals surface area contributed by atoms with E-state index in [-0.39, 0.29) is 0 Å². The molecule has 0 radical (unpaired) electrons. The van der Waals surface area contributed by atoms with Crippen molar-refractivity contribution in [3.8, 4) is 11.5 Å². The Balaban J connectivity index is 1.70. The maximum atomic E-state index is 5.67. The highest BCUT2D eigenvalue weighted by molar-refractivity contribution is 7.80. The summed E-state index contributed by atoms with van der Waals surface area (Å²) in [4.78, 5) is 2.27. The molecule has 1 atom stereocenters. The molecule has 2 aromatic rings. The number of methoxy groups -OCH3 is 1. The molecule has 1 aliphatic heterocycles. The van der Waals surface area contributed by atoms with E-state index in [1.54, 1.807) is 7.11 Å². The molecular weight excluding hydrogens is 332 g/mol. The van der Waals surface area contributed by atoms with Crippen molar-refractivity contribution >= 4 is 23.0 Å². The van der Waals surface area contributed by atoms with Crippen molar-refractivity contribution in [3.05, 3.63) is 54.1 Å². The summed E-state index contributed by atoms with van der Waals surface area (Å²) in [5, 5.41) is 4.10. The van der Waals surface area contributed by atoms with Gasteiger partial charge in [-0.2, -0.15) is 0 Å². The zero-order valence-corrected chi connectivity index (χ0v) is 15.5. The molecule has 0 unspecified atom stereocenters. The first kappa shape index (κ1) is 17.5. The average Bonchev–Trinajstić information content (AvgIpc) is 3.13. The lowest BCUT2D eigenvalue weighted by Gasteiger charge is -2.28. The molecule has 2 aromatic carbocycles. The number of hydrogen-bond donors (Lipinski definition) is 1. The van der Waals surface area contributed by atoms with Gasteiger partial charge in [-0.25, -0.2) is 0 Å². The van der Waals surface area contributed by atoms with E-state index in [9.17, 15) is 0 Å². The van der Waals surface area contributed by atoms with Gasteiger partial charge in [0.2, 0.25) is 0 Å². The van der Waals surface area contributed by atoms with Crippen molar-refractivity contribution < 1.29 is 9.47 Å². The van der Waals surface area contributed by atoms with Crippen LogP contribution in [0.3, 0.4) is 0 Å². The van der Waals surface area contributed by atoms with Crippen molar-refractivity contribution in [3.63, 3.8) is 0 Å². The number of benzene rings is 2. The molecule has 1 N–H and O–H groups in total. The molecule has 0 amide bonds. The van der Waals surface area contributed by atoms with Gasteiger partial charge in [0, 0.05) is 18.3 Å². The predicted octanol–water partition coefficient (Wildman–Crippen LogP) is 4.63. The van der Waals surface area contributed by atoms with E-state index in [1.807, 2.05) is 43.3 Å². The topological polar surface area (TPSA) is 33.7 Å². The minimum absolute atomic E-state index is 0.307. The third-order valence-electron chi connectivity index (χ3n) is 4.41. The predicted molar refractivity (Wildman–Crippen MR) is 106 cm³/mol. The Morgan fingerprint density at radius 2 is 2.00 bits per heavy atom. The Kier molecular flexibility index (Phi) is 5.76. The SMILES string of the molecule is CCOc1ccc([C@@H]2CCCN2C(=S)Nc2cccc(OC)c2)cc1. The van der Waals surface area contributed by atoms with Crippen LogP contribution in [0.2, 0.25) is 0 Å². The summed E-state index contributed by atoms with van der Waals surface area (Å²) in [6, 6.07) is 16.5. The fourth-order valence-electron chi connectivity index (χ4n) is 3.21. The van der Waals surface area contributed by atoms with Gasteiger partial charge in [0.25, 0.3) is 0 Å². The van der Waals surface area contributed by atoms with Crippen molar-refractivity contribution in [2.45, 2.75) is 25.8 Å². The summed E-state index contributed by atoms with van der Waals surface area (Å²) >= 11 is 5.67. The van der Waals surface area contributed by atoms with Crippen LogP contribution in [0.15, 0.2) is 48.5 Å². The highest BCUT2D eigenvalue weighted by atomic mass is 32.1. The summed E-state index contributed by atoms with van der Waals surface area (Å²) in [5.74, 6) is 1.73. The Morgan fingerprint density at radius 1 is 1.20 bits per heavy atom. The second kappa shape index (κ2) is 8.21. The summed E-state index contributed by atoms with van der Waals surface area (Å²) in [7, 11) is 1.67. The molecule has 0 aromatic heterocycles. The van der Waals surface area contributed by atoms with E-state index in [0.29, 0.717) is 12.6 Å². The number of rotatable bonds is 5. The fraction of sp³-hybridized carbons (Fsp3) is 0.350. The first-order chi connectivity index (χ1) is 12.2. The van der Waals surface area contributed by atoms with Gasteiger partial charge in [0.15, 0.2) is 5.11 Å². The van der Waals surface area contributed by atoms with Crippen molar-refractivity contribution in [1.82, 2.24) is 4.90 Å². The zero-order chi connectivity index (χ0) is 17.6. The minimum Gasteiger partial charge on any atom is -0.497 e. The molecule has 1 saturated heterocycles. The first-order valence-corrected chi connectivity index (χ1v) is 9.06. The quantitative estimate of drug-likeness (QED) is 0.790. The van der Waals surface area contributed by atoms with Crippen molar-refractivity contribution in [1.29, 1.82) is 0 Å². The van der Waals surface area contributed by atoms with Gasteiger partial charge in [0.05, 0.1) is 19.8 Å². The first-order valence-electron chi connectivity index (χ1n) is 8.65. The van der Waals surface area contributed by atoms with Gasteiger partial charge in [-0.3, -0.25) is 0 Å². The molecule has 5 heteroatoms. The molecule has 0 spiro atoms. The lowest BCUT2D eigenvalue weighted by Crippen LogP contribution is -2.34. The van der Waals surface area contributed by atoms with Gasteiger partial charge in [-0.15, -0.1) is 0 Å². The second-order valence-electron chi connectivity index (χ2n) is 6.02. The van der Waals surface area contributed by atoms with Gasteiger partial charge in [-0.1, -0.05) is 18.2 Å². The molecule has 25 heavy (non-hydrogen) atoms. The molecule has 4 nitrogen and oxygen atoms in total. The van der Waals surface area contributed by atoms with Crippen LogP contribution in [-0.2, 0) is 0 Å². The Morgan fingerprint density at radius 3 is 2.72 bits per heavy atom. The lowest BCUT2D eigenvalue weighted by atomic mass is 10.0. The molecule has 0 saturated carbocycles. The summed E-state index contributed by atoms with van der Waals surface area (Å²) < 4.78 is 10.8. The molecule has 0 aliphatic carbocycles. The monoisotopic (exact) mass is 356 g/mol. The molecule has 0 bridgehead atoms. The van der Waals surface area contributed by atoms with Crippen molar-refractivity contribution in [2.24, 2.45) is 0 Å². The van der Waals surface area contributed by atoms with Gasteiger partial charge in [-0.05, 0) is 61.8 Å². The normalized spacial score (nSPS) is 16.6. The number of thiocarbonyl (C=S) groups is 1. The molecule has 1 heterocycles. The summed E-state index contributed by atoms with van der Waals surface area (Å²) in [6.07, 6.45) is 2.24. The second-order valence-corrected chi connectivity index (χ2v) is 6.40. The minimum atomic E-state index is 0.307. The Bertz CT molecular complexity index is 718. The lowest BCUT2D eigenvalue weighted by molar-refractivity contribution is 0.339. The van der Waals surface area contributed by atoms with Crippen LogP contribution in [0.25, 0.3) is 0 Å². The van der Waals surface area contributed by atoms with Crippen LogP contribution in [0, 0.1) is 0 Å². The Hall–Kier alpha value is -2.27. The number of likely N-dealkylation sites (tertiary alicyclic amines) is 1. The van der Waals surface area contributed by atoms with E-state index in [2.05, 4.69) is 22.3 Å². The smallest absolute Gasteiger partial charge is 0.173 e. The number of hydrogen-bond acceptors (Lipinski definition) is 3. The van der Waals surface area contributed by atoms with E-state index in [1.165, 1.54) is 5.56 Å². The molecule has 1 fully saturated rings. The van der Waals surface area contributed by atoms with E-state index < -0.39 is 0 Å². The van der Waals surface area contributed by atoms with E-state index in [0.717, 1.165) is 41.7 Å². The van der Waals surface area contributed by atoms with Gasteiger partial charge < -0.3 is 19.7 Å². The highest BCUT2D eigenvalue weighted by Gasteiger charge is 2.28. The van der Waals surface area contributed by atoms with Crippen molar-refractivity contribution in [2.75, 3.05) is 25.6 Å². The third-order valence-corrected chi connectivity index (χ3v) is 4.75. The fourth-order valence-corrected chi connectivity index (χ4v) is 3.54. The molecule has 3 rings (SSSR count). The third kappa shape index (κ3) is 4.23. The van der Waals surface area contributed by atoms with Crippen LogP contribution >= 0.6 is 12.2 Å². The van der Waals surface area contributed by atoms with Crippen LogP contribution in [0.5, 0.6) is 11.5 Å². The Labute approximate surface area is 154 Å². The number of nitrogens with one attached hydrogen (secondary N) is 1. The van der Waals surface area contributed by atoms with Crippen LogP contribution in [-0.4, -0.2) is 30.3 Å². The zero-order valence-electron chi connectivity index (χ0n) is 14.7. The van der Waals surface area contributed by atoms with Crippen LogP contribution in [0.1, 0.15) is 31.4 Å². The van der Waals surface area contributed by atoms with Gasteiger partial charge in [0.1, 0.15) is 11.5 Å². The van der Waals surface area contributed by atoms with Gasteiger partial charge >= 0.3 is 0 Å². The van der Waals surface area contributed by atoms with E-state index in [4.69, 9.17) is 21.7 Å². The molecule has 1 aliphatic rings. The molecule has 132 valence electrons. The molecular formula is C20H24N2O2S. The maximum Gasteiger partial charge on any atom is 0.173 e. The largest absolute Gasteiger partial charge is 0.497 e. The number of anilines is 1. The van der Waals surface area contributed by atoms with Crippen LogP contribution < -0.4 is 14.8 Å². The highest BCUT2D eigenvalue weighted by Crippen LogP contribution is 2.33. The summed E-state index contributed by atoms with van der Waals surface area (Å²) in [6.45, 7) is 3.65. The van der Waals surface area contributed by atoms with Crippen LogP contribution in [0.4, 0.5) is 5.69 Å². The number of nitrogens with zero attached hydrogens (tertiary/aromatic N) is 1. The summed E-state index contributed by atoms with van der Waals surface area (Å²) in [5.41, 5.74) is 2.22. The van der Waals surface area contributed by atoms with E-state index >= 15 is 0 Å². The standard InChI is InChI=1S/C20H24N2O2S/c1-3-24-17-11-9-15(10-12-17)19-8-5-13-22(19)20(25)21-16-6-4-7-18(14-16)23-2/h4,6-7,9-12,14,19H,3,5,8,13H2,1-2H3,(H,21,25)/t19-/m0/s1. The average molecular weight is 356 g/mol. The number of ether oxygens (including phenoxy) is 2. The maximum absolute atomic E-state index is 5.67.